The highest BCUT2D eigenvalue weighted by atomic mass is 35.5. The standard InChI is InChI=1S/C12H7ClFN3/c1-7-4-11(17-12(6-15)16-7)9-5-8(13)2-3-10(9)14/h2-5H,1H3. The summed E-state index contributed by atoms with van der Waals surface area (Å²) in [6, 6.07) is 7.64. The average molecular weight is 248 g/mol. The van der Waals surface area contributed by atoms with Crippen molar-refractivity contribution in [3.63, 3.8) is 0 Å². The lowest BCUT2D eigenvalue weighted by Gasteiger charge is -2.04. The normalized spacial score (nSPS) is 10.0. The molecule has 0 aliphatic carbocycles. The van der Waals surface area contributed by atoms with Crippen LogP contribution in [0.1, 0.15) is 11.5 Å². The van der Waals surface area contributed by atoms with Crippen molar-refractivity contribution in [3.8, 4) is 17.3 Å². The van der Waals surface area contributed by atoms with E-state index in [2.05, 4.69) is 9.97 Å². The minimum Gasteiger partial charge on any atom is -0.224 e. The molecule has 3 nitrogen and oxygen atoms in total. The molecule has 0 bridgehead atoms. The van der Waals surface area contributed by atoms with Gasteiger partial charge in [-0.25, -0.2) is 14.4 Å². The minimum absolute atomic E-state index is 0.0133. The summed E-state index contributed by atoms with van der Waals surface area (Å²) in [5.74, 6) is -0.421. The fourth-order valence-corrected chi connectivity index (χ4v) is 1.62. The van der Waals surface area contributed by atoms with Crippen molar-refractivity contribution >= 4 is 11.6 Å². The van der Waals surface area contributed by atoms with Crippen LogP contribution in [-0.2, 0) is 0 Å². The first-order valence-electron chi connectivity index (χ1n) is 4.81. The van der Waals surface area contributed by atoms with Crippen molar-refractivity contribution in [2.75, 3.05) is 0 Å². The lowest BCUT2D eigenvalue weighted by atomic mass is 10.1. The third-order valence-electron chi connectivity index (χ3n) is 2.16. The molecule has 0 radical (unpaired) electrons. The summed E-state index contributed by atoms with van der Waals surface area (Å²) in [7, 11) is 0. The molecular weight excluding hydrogens is 241 g/mol. The summed E-state index contributed by atoms with van der Waals surface area (Å²) in [4.78, 5) is 7.86. The van der Waals surface area contributed by atoms with Gasteiger partial charge in [0.2, 0.25) is 5.82 Å². The Labute approximate surface area is 103 Å². The molecule has 0 unspecified atom stereocenters. The number of hydrogen-bond acceptors (Lipinski definition) is 3. The predicted molar refractivity (Wildman–Crippen MR) is 61.9 cm³/mol. The van der Waals surface area contributed by atoms with Crippen LogP contribution in [0.15, 0.2) is 24.3 Å². The molecule has 17 heavy (non-hydrogen) atoms. The van der Waals surface area contributed by atoms with Gasteiger partial charge in [0.15, 0.2) is 0 Å². The highest BCUT2D eigenvalue weighted by molar-refractivity contribution is 6.30. The summed E-state index contributed by atoms with van der Waals surface area (Å²) in [6.07, 6.45) is 0. The summed E-state index contributed by atoms with van der Waals surface area (Å²) in [5, 5.41) is 9.18. The van der Waals surface area contributed by atoms with Crippen LogP contribution >= 0.6 is 11.6 Å². The van der Waals surface area contributed by atoms with E-state index in [1.807, 2.05) is 6.07 Å². The third-order valence-corrected chi connectivity index (χ3v) is 2.39. The van der Waals surface area contributed by atoms with E-state index >= 15 is 0 Å². The summed E-state index contributed by atoms with van der Waals surface area (Å²) >= 11 is 5.81. The Kier molecular flexibility index (Phi) is 3.03. The van der Waals surface area contributed by atoms with E-state index < -0.39 is 5.82 Å². The quantitative estimate of drug-likeness (QED) is 0.778. The van der Waals surface area contributed by atoms with Crippen molar-refractivity contribution in [3.05, 3.63) is 46.6 Å². The molecule has 0 spiro atoms. The fraction of sp³-hybridized carbons (Fsp3) is 0.0833. The van der Waals surface area contributed by atoms with E-state index in [4.69, 9.17) is 16.9 Å². The zero-order valence-corrected chi connectivity index (χ0v) is 9.66. The van der Waals surface area contributed by atoms with Crippen molar-refractivity contribution < 1.29 is 4.39 Å². The van der Waals surface area contributed by atoms with Gasteiger partial charge in [-0.2, -0.15) is 5.26 Å². The Balaban J connectivity index is 2.64. The van der Waals surface area contributed by atoms with Crippen LogP contribution in [0.2, 0.25) is 5.02 Å². The molecule has 0 saturated carbocycles. The van der Waals surface area contributed by atoms with Crippen LogP contribution in [0.4, 0.5) is 4.39 Å². The molecule has 0 fully saturated rings. The lowest BCUT2D eigenvalue weighted by molar-refractivity contribution is 0.630. The van der Waals surface area contributed by atoms with Gasteiger partial charge >= 0.3 is 0 Å². The van der Waals surface area contributed by atoms with Gasteiger partial charge < -0.3 is 0 Å². The van der Waals surface area contributed by atoms with Gasteiger partial charge in [-0.3, -0.25) is 0 Å². The topological polar surface area (TPSA) is 49.6 Å². The third kappa shape index (κ3) is 2.40. The Morgan fingerprint density at radius 1 is 1.29 bits per heavy atom. The zero-order valence-electron chi connectivity index (χ0n) is 8.91. The smallest absolute Gasteiger partial charge is 0.224 e. The molecule has 5 heteroatoms. The first-order chi connectivity index (χ1) is 8.10. The van der Waals surface area contributed by atoms with E-state index in [1.165, 1.54) is 18.2 Å². The van der Waals surface area contributed by atoms with Crippen molar-refractivity contribution in [2.45, 2.75) is 6.92 Å². The first kappa shape index (κ1) is 11.5. The molecule has 84 valence electrons. The van der Waals surface area contributed by atoms with E-state index in [9.17, 15) is 4.39 Å². The van der Waals surface area contributed by atoms with Gasteiger partial charge in [0.05, 0.1) is 5.69 Å². The zero-order chi connectivity index (χ0) is 12.4. The van der Waals surface area contributed by atoms with Gasteiger partial charge in [0.1, 0.15) is 11.9 Å². The number of halogens is 2. The van der Waals surface area contributed by atoms with Crippen LogP contribution in [-0.4, -0.2) is 9.97 Å². The number of rotatable bonds is 1. The highest BCUT2D eigenvalue weighted by Crippen LogP contribution is 2.24. The van der Waals surface area contributed by atoms with Crippen LogP contribution in [0, 0.1) is 24.1 Å². The number of nitrogens with zero attached hydrogens (tertiary/aromatic N) is 3. The number of benzene rings is 1. The van der Waals surface area contributed by atoms with Crippen molar-refractivity contribution in [1.29, 1.82) is 5.26 Å². The molecule has 0 saturated heterocycles. The Morgan fingerprint density at radius 2 is 2.06 bits per heavy atom. The molecule has 1 aromatic carbocycles. The second-order valence-corrected chi connectivity index (χ2v) is 3.89. The Morgan fingerprint density at radius 3 is 2.76 bits per heavy atom. The number of aromatic nitrogens is 2. The van der Waals surface area contributed by atoms with Crippen molar-refractivity contribution in [1.82, 2.24) is 9.97 Å². The van der Waals surface area contributed by atoms with E-state index in [-0.39, 0.29) is 11.4 Å². The summed E-state index contributed by atoms with van der Waals surface area (Å²) < 4.78 is 13.6. The molecule has 2 aromatic rings. The molecule has 1 aromatic heterocycles. The predicted octanol–water partition coefficient (Wildman–Crippen LogP) is 3.12. The van der Waals surface area contributed by atoms with E-state index in [1.54, 1.807) is 13.0 Å². The minimum atomic E-state index is -0.434. The van der Waals surface area contributed by atoms with Crippen LogP contribution < -0.4 is 0 Å². The fourth-order valence-electron chi connectivity index (χ4n) is 1.45. The monoisotopic (exact) mass is 247 g/mol. The SMILES string of the molecule is Cc1cc(-c2cc(Cl)ccc2F)nc(C#N)n1. The maximum Gasteiger partial charge on any atom is 0.232 e. The molecule has 0 atom stereocenters. The summed E-state index contributed by atoms with van der Waals surface area (Å²) in [5.41, 5.74) is 1.22. The van der Waals surface area contributed by atoms with E-state index in [0.717, 1.165) is 0 Å². The molecule has 0 N–H and O–H groups in total. The molecule has 1 heterocycles. The number of aryl methyl sites for hydroxylation is 1. The molecular formula is C12H7ClFN3. The Bertz CT molecular complexity index is 620. The Hall–Kier alpha value is -1.99. The van der Waals surface area contributed by atoms with Crippen LogP contribution in [0.5, 0.6) is 0 Å². The van der Waals surface area contributed by atoms with Crippen LogP contribution in [0.3, 0.4) is 0 Å². The maximum atomic E-state index is 13.6. The lowest BCUT2D eigenvalue weighted by Crippen LogP contribution is -1.96. The van der Waals surface area contributed by atoms with Gasteiger partial charge in [0, 0.05) is 16.3 Å². The maximum absolute atomic E-state index is 13.6. The van der Waals surface area contributed by atoms with E-state index in [0.29, 0.717) is 16.4 Å². The van der Waals surface area contributed by atoms with Gasteiger partial charge in [-0.05, 0) is 31.2 Å². The molecule has 0 aliphatic rings. The van der Waals surface area contributed by atoms with Gasteiger partial charge in [0.25, 0.3) is 0 Å². The average Bonchev–Trinajstić information content (AvgIpc) is 2.31. The number of hydrogen-bond donors (Lipinski definition) is 0. The first-order valence-corrected chi connectivity index (χ1v) is 5.19. The second kappa shape index (κ2) is 4.48. The highest BCUT2D eigenvalue weighted by Gasteiger charge is 2.09. The largest absolute Gasteiger partial charge is 0.232 e. The second-order valence-electron chi connectivity index (χ2n) is 3.45. The molecule has 0 amide bonds. The van der Waals surface area contributed by atoms with Gasteiger partial charge in [-0.15, -0.1) is 0 Å². The van der Waals surface area contributed by atoms with Crippen LogP contribution in [0.25, 0.3) is 11.3 Å². The number of nitriles is 1. The van der Waals surface area contributed by atoms with Crippen molar-refractivity contribution in [2.24, 2.45) is 0 Å². The molecule has 0 aliphatic heterocycles. The summed E-state index contributed by atoms with van der Waals surface area (Å²) in [6.45, 7) is 1.72. The molecule has 2 rings (SSSR count). The van der Waals surface area contributed by atoms with Gasteiger partial charge in [-0.1, -0.05) is 11.6 Å².